The van der Waals surface area contributed by atoms with Crippen LogP contribution in [0.25, 0.3) is 5.69 Å². The van der Waals surface area contributed by atoms with E-state index in [4.69, 9.17) is 10.5 Å². The van der Waals surface area contributed by atoms with Gasteiger partial charge in [0, 0.05) is 25.2 Å². The van der Waals surface area contributed by atoms with Crippen LogP contribution in [0.1, 0.15) is 18.7 Å². The molecule has 6 nitrogen and oxygen atoms in total. The number of methoxy groups -OCH3 is 1. The van der Waals surface area contributed by atoms with Crippen LogP contribution in [0.5, 0.6) is 0 Å². The van der Waals surface area contributed by atoms with Gasteiger partial charge in [-0.3, -0.25) is 9.69 Å². The molecular formula is C17H22N4O2. The Morgan fingerprint density at radius 3 is 2.87 bits per heavy atom. The zero-order valence-electron chi connectivity index (χ0n) is 13.3. The van der Waals surface area contributed by atoms with Crippen molar-refractivity contribution in [3.05, 3.63) is 48.5 Å². The SMILES string of the molecule is COCC1(C(N)=O)CCCN1Cc1nccn1-c1ccccc1. The Labute approximate surface area is 135 Å². The van der Waals surface area contributed by atoms with Gasteiger partial charge < -0.3 is 15.0 Å². The molecule has 1 aliphatic heterocycles. The molecule has 1 aliphatic rings. The molecule has 1 amide bonds. The smallest absolute Gasteiger partial charge is 0.240 e. The Morgan fingerprint density at radius 2 is 2.17 bits per heavy atom. The zero-order valence-corrected chi connectivity index (χ0v) is 13.3. The number of para-hydroxylation sites is 1. The van der Waals surface area contributed by atoms with Crippen LogP contribution in [0, 0.1) is 0 Å². The number of nitrogens with zero attached hydrogens (tertiary/aromatic N) is 3. The number of amides is 1. The van der Waals surface area contributed by atoms with Gasteiger partial charge in [0.25, 0.3) is 0 Å². The van der Waals surface area contributed by atoms with Crippen molar-refractivity contribution in [3.63, 3.8) is 0 Å². The fourth-order valence-electron chi connectivity index (χ4n) is 3.36. The molecule has 2 aromatic rings. The summed E-state index contributed by atoms with van der Waals surface area (Å²) in [6.07, 6.45) is 5.37. The van der Waals surface area contributed by atoms with Gasteiger partial charge in [-0.2, -0.15) is 0 Å². The number of carbonyl (C=O) groups excluding carboxylic acids is 1. The van der Waals surface area contributed by atoms with Gasteiger partial charge in [-0.25, -0.2) is 4.98 Å². The van der Waals surface area contributed by atoms with E-state index in [9.17, 15) is 4.79 Å². The van der Waals surface area contributed by atoms with Crippen molar-refractivity contribution < 1.29 is 9.53 Å². The minimum absolute atomic E-state index is 0.314. The first-order chi connectivity index (χ1) is 11.2. The maximum absolute atomic E-state index is 12.1. The van der Waals surface area contributed by atoms with Crippen LogP contribution in [0.3, 0.4) is 0 Å². The van der Waals surface area contributed by atoms with Crippen LogP contribution >= 0.6 is 0 Å². The predicted octanol–water partition coefficient (Wildman–Crippen LogP) is 1.34. The van der Waals surface area contributed by atoms with E-state index in [-0.39, 0.29) is 5.91 Å². The summed E-state index contributed by atoms with van der Waals surface area (Å²) >= 11 is 0. The first-order valence-corrected chi connectivity index (χ1v) is 7.79. The van der Waals surface area contributed by atoms with Gasteiger partial charge in [-0.05, 0) is 31.5 Å². The Bertz CT molecular complexity index is 670. The highest BCUT2D eigenvalue weighted by molar-refractivity contribution is 5.85. The quantitative estimate of drug-likeness (QED) is 0.873. The lowest BCUT2D eigenvalue weighted by Crippen LogP contribution is -2.56. The minimum Gasteiger partial charge on any atom is -0.382 e. The molecule has 1 fully saturated rings. The number of hydrogen-bond donors (Lipinski definition) is 1. The Kier molecular flexibility index (Phi) is 4.45. The third-order valence-corrected chi connectivity index (χ3v) is 4.55. The number of likely N-dealkylation sites (tertiary alicyclic amines) is 1. The number of imidazole rings is 1. The van der Waals surface area contributed by atoms with Crippen LogP contribution in [0.2, 0.25) is 0 Å². The zero-order chi connectivity index (χ0) is 16.3. The predicted molar refractivity (Wildman–Crippen MR) is 87.0 cm³/mol. The molecule has 1 saturated heterocycles. The second-order valence-corrected chi connectivity index (χ2v) is 5.90. The summed E-state index contributed by atoms with van der Waals surface area (Å²) < 4.78 is 7.32. The topological polar surface area (TPSA) is 73.4 Å². The average molecular weight is 314 g/mol. The molecule has 0 spiro atoms. The second-order valence-electron chi connectivity index (χ2n) is 5.90. The normalized spacial score (nSPS) is 21.6. The molecule has 1 aromatic carbocycles. The first-order valence-electron chi connectivity index (χ1n) is 7.79. The number of hydrogen-bond acceptors (Lipinski definition) is 4. The van der Waals surface area contributed by atoms with E-state index in [0.717, 1.165) is 30.9 Å². The van der Waals surface area contributed by atoms with Crippen molar-refractivity contribution in [2.45, 2.75) is 24.9 Å². The number of nitrogens with two attached hydrogens (primary N) is 1. The highest BCUT2D eigenvalue weighted by Gasteiger charge is 2.46. The van der Waals surface area contributed by atoms with Crippen molar-refractivity contribution in [3.8, 4) is 5.69 Å². The molecule has 2 heterocycles. The van der Waals surface area contributed by atoms with E-state index >= 15 is 0 Å². The van der Waals surface area contributed by atoms with Gasteiger partial charge in [0.1, 0.15) is 11.4 Å². The summed E-state index contributed by atoms with van der Waals surface area (Å²) in [7, 11) is 1.60. The van der Waals surface area contributed by atoms with Crippen LogP contribution in [-0.2, 0) is 16.1 Å². The molecule has 0 bridgehead atoms. The fraction of sp³-hybridized carbons (Fsp3) is 0.412. The van der Waals surface area contributed by atoms with Crippen LogP contribution in [-0.4, -0.2) is 46.2 Å². The van der Waals surface area contributed by atoms with Gasteiger partial charge in [0.2, 0.25) is 5.91 Å². The molecule has 0 aliphatic carbocycles. The Morgan fingerprint density at radius 1 is 1.39 bits per heavy atom. The lowest BCUT2D eigenvalue weighted by Gasteiger charge is -2.34. The first kappa shape index (κ1) is 15.7. The van der Waals surface area contributed by atoms with Crippen LogP contribution in [0.4, 0.5) is 0 Å². The van der Waals surface area contributed by atoms with Crippen molar-refractivity contribution in [1.82, 2.24) is 14.5 Å². The van der Waals surface area contributed by atoms with Crippen LogP contribution < -0.4 is 5.73 Å². The molecule has 1 unspecified atom stereocenters. The maximum atomic E-state index is 12.1. The van der Waals surface area contributed by atoms with Crippen molar-refractivity contribution in [1.29, 1.82) is 0 Å². The summed E-state index contributed by atoms with van der Waals surface area (Å²) in [5.74, 6) is 0.564. The molecule has 0 radical (unpaired) electrons. The van der Waals surface area contributed by atoms with Crippen molar-refractivity contribution >= 4 is 5.91 Å². The molecule has 6 heteroatoms. The van der Waals surface area contributed by atoms with Crippen molar-refractivity contribution in [2.75, 3.05) is 20.3 Å². The van der Waals surface area contributed by atoms with Crippen LogP contribution in [0.15, 0.2) is 42.7 Å². The van der Waals surface area contributed by atoms with Gasteiger partial charge in [0.15, 0.2) is 0 Å². The van der Waals surface area contributed by atoms with Gasteiger partial charge in [-0.1, -0.05) is 18.2 Å². The van der Waals surface area contributed by atoms with E-state index in [2.05, 4.69) is 9.88 Å². The highest BCUT2D eigenvalue weighted by Crippen LogP contribution is 2.31. The van der Waals surface area contributed by atoms with Gasteiger partial charge in [-0.15, -0.1) is 0 Å². The van der Waals surface area contributed by atoms with Crippen molar-refractivity contribution in [2.24, 2.45) is 5.73 Å². The number of carbonyl (C=O) groups is 1. The Balaban J connectivity index is 1.88. The lowest BCUT2D eigenvalue weighted by atomic mass is 9.96. The number of ether oxygens (including phenoxy) is 1. The summed E-state index contributed by atoms with van der Waals surface area (Å²) in [5.41, 5.74) is 6.02. The second kappa shape index (κ2) is 6.52. The number of aromatic nitrogens is 2. The third kappa shape index (κ3) is 2.87. The van der Waals surface area contributed by atoms with Gasteiger partial charge >= 0.3 is 0 Å². The largest absolute Gasteiger partial charge is 0.382 e. The molecule has 1 atom stereocenters. The third-order valence-electron chi connectivity index (χ3n) is 4.55. The molecule has 3 rings (SSSR count). The number of rotatable bonds is 6. The molecular weight excluding hydrogens is 292 g/mol. The number of primary amides is 1. The molecule has 2 N–H and O–H groups in total. The summed E-state index contributed by atoms with van der Waals surface area (Å²) in [6, 6.07) is 10.0. The highest BCUT2D eigenvalue weighted by atomic mass is 16.5. The van der Waals surface area contributed by atoms with E-state index < -0.39 is 5.54 Å². The molecule has 122 valence electrons. The molecule has 1 aromatic heterocycles. The lowest BCUT2D eigenvalue weighted by molar-refractivity contribution is -0.132. The molecule has 0 saturated carbocycles. The summed E-state index contributed by atoms with van der Waals surface area (Å²) in [4.78, 5) is 18.6. The van der Waals surface area contributed by atoms with E-state index in [1.54, 1.807) is 13.3 Å². The minimum atomic E-state index is -0.734. The fourth-order valence-corrected chi connectivity index (χ4v) is 3.36. The Hall–Kier alpha value is -2.18. The van der Waals surface area contributed by atoms with Gasteiger partial charge in [0.05, 0.1) is 13.2 Å². The average Bonchev–Trinajstić information content (AvgIpc) is 3.17. The van der Waals surface area contributed by atoms with E-state index in [1.165, 1.54) is 0 Å². The standard InChI is InChI=1S/C17H22N4O2/c1-23-13-17(16(18)22)8-5-10-20(17)12-15-19-9-11-21(15)14-6-3-2-4-7-14/h2-4,6-7,9,11H,5,8,10,12-13H2,1H3,(H2,18,22). The maximum Gasteiger partial charge on any atom is 0.240 e. The monoisotopic (exact) mass is 314 g/mol. The summed E-state index contributed by atoms with van der Waals surface area (Å²) in [6.45, 7) is 1.69. The molecule has 23 heavy (non-hydrogen) atoms. The van der Waals surface area contributed by atoms with E-state index in [1.807, 2.05) is 41.1 Å². The summed E-state index contributed by atoms with van der Waals surface area (Å²) in [5, 5.41) is 0. The van der Waals surface area contributed by atoms with E-state index in [0.29, 0.717) is 13.2 Å². The number of benzene rings is 1.